The molecule has 0 amide bonds. The molecule has 3 aromatic rings. The van der Waals surface area contributed by atoms with E-state index in [1.54, 1.807) is 0 Å². The first-order chi connectivity index (χ1) is 13.1. The molecule has 0 saturated heterocycles. The van der Waals surface area contributed by atoms with Gasteiger partial charge >= 0.3 is 0 Å². The molecule has 2 heteroatoms. The summed E-state index contributed by atoms with van der Waals surface area (Å²) in [5, 5.41) is 5.93. The highest BCUT2D eigenvalue weighted by atomic mass is 15.3. The second-order valence-corrected chi connectivity index (χ2v) is 7.75. The van der Waals surface area contributed by atoms with Gasteiger partial charge in [0, 0.05) is 17.0 Å². The Morgan fingerprint density at radius 3 is 2.67 bits per heavy atom. The second-order valence-electron chi connectivity index (χ2n) is 7.75. The number of rotatable bonds is 4. The van der Waals surface area contributed by atoms with Gasteiger partial charge in [-0.15, -0.1) is 0 Å². The molecule has 1 aliphatic rings. The maximum absolute atomic E-state index is 4.72. The van der Waals surface area contributed by atoms with Crippen LogP contribution in [0.15, 0.2) is 83.6 Å². The number of nitrogens with zero attached hydrogens (tertiary/aromatic N) is 2. The van der Waals surface area contributed by atoms with Crippen LogP contribution in [0.1, 0.15) is 43.4 Å². The second kappa shape index (κ2) is 7.03. The van der Waals surface area contributed by atoms with Crippen LogP contribution < -0.4 is 0 Å². The van der Waals surface area contributed by atoms with Crippen molar-refractivity contribution in [1.82, 2.24) is 4.68 Å². The zero-order valence-corrected chi connectivity index (χ0v) is 16.3. The van der Waals surface area contributed by atoms with Gasteiger partial charge in [0.05, 0.1) is 11.7 Å². The molecular weight excluding hydrogens is 328 g/mol. The van der Waals surface area contributed by atoms with Gasteiger partial charge in [0.25, 0.3) is 0 Å². The van der Waals surface area contributed by atoms with E-state index in [1.165, 1.54) is 27.6 Å². The summed E-state index contributed by atoms with van der Waals surface area (Å²) >= 11 is 0. The van der Waals surface area contributed by atoms with Crippen LogP contribution in [0.25, 0.3) is 10.9 Å². The van der Waals surface area contributed by atoms with Gasteiger partial charge in [0.1, 0.15) is 0 Å². The minimum atomic E-state index is -0.00893. The van der Waals surface area contributed by atoms with Crippen LogP contribution in [0.5, 0.6) is 0 Å². The number of allylic oxidation sites excluding steroid dienone is 4. The minimum Gasteiger partial charge on any atom is -0.240 e. The molecule has 27 heavy (non-hydrogen) atoms. The van der Waals surface area contributed by atoms with Crippen molar-refractivity contribution in [1.29, 1.82) is 0 Å². The lowest BCUT2D eigenvalue weighted by atomic mass is 9.73. The molecule has 0 fully saturated rings. The summed E-state index contributed by atoms with van der Waals surface area (Å²) in [7, 11) is 0. The van der Waals surface area contributed by atoms with Crippen LogP contribution in [0.2, 0.25) is 0 Å². The molecule has 0 saturated carbocycles. The Labute approximate surface area is 161 Å². The van der Waals surface area contributed by atoms with Gasteiger partial charge < -0.3 is 0 Å². The normalized spacial score (nSPS) is 14.9. The smallest absolute Gasteiger partial charge is 0.0718 e. The minimum absolute atomic E-state index is 0.00893. The Balaban J connectivity index is 1.70. The SMILES string of the molecule is Cc1c(/C=N/n2ccc3ccccc32)cccc1C(C)(C)C1=CCCC=C1. The first-order valence-electron chi connectivity index (χ1n) is 9.65. The Kier molecular flexibility index (Phi) is 4.57. The number of hydrogen-bond donors (Lipinski definition) is 0. The molecule has 0 bridgehead atoms. The Hall–Kier alpha value is -2.87. The molecule has 1 aromatic heterocycles. The van der Waals surface area contributed by atoms with E-state index in [-0.39, 0.29) is 5.41 Å². The van der Waals surface area contributed by atoms with Gasteiger partial charge in [-0.3, -0.25) is 0 Å². The monoisotopic (exact) mass is 354 g/mol. The van der Waals surface area contributed by atoms with Crippen molar-refractivity contribution in [2.24, 2.45) is 5.10 Å². The third-order valence-corrected chi connectivity index (χ3v) is 5.67. The Morgan fingerprint density at radius 2 is 1.85 bits per heavy atom. The van der Waals surface area contributed by atoms with E-state index in [9.17, 15) is 0 Å². The average Bonchev–Trinajstić information content (AvgIpc) is 3.11. The largest absolute Gasteiger partial charge is 0.240 e. The number of para-hydroxylation sites is 1. The van der Waals surface area contributed by atoms with Gasteiger partial charge in [-0.2, -0.15) is 5.10 Å². The summed E-state index contributed by atoms with van der Waals surface area (Å²) in [6, 6.07) is 17.0. The van der Waals surface area contributed by atoms with Gasteiger partial charge in [-0.1, -0.05) is 68.5 Å². The quantitative estimate of drug-likeness (QED) is 0.483. The van der Waals surface area contributed by atoms with Crippen LogP contribution in [0.4, 0.5) is 0 Å². The molecule has 0 spiro atoms. The molecule has 4 rings (SSSR count). The van der Waals surface area contributed by atoms with Crippen LogP contribution in [0, 0.1) is 6.92 Å². The highest BCUT2D eigenvalue weighted by Crippen LogP contribution is 2.36. The van der Waals surface area contributed by atoms with Crippen molar-refractivity contribution < 1.29 is 0 Å². The lowest BCUT2D eigenvalue weighted by Gasteiger charge is -2.30. The van der Waals surface area contributed by atoms with E-state index < -0.39 is 0 Å². The Morgan fingerprint density at radius 1 is 1.00 bits per heavy atom. The predicted octanol–water partition coefficient (Wildman–Crippen LogP) is 6.39. The summed E-state index contributed by atoms with van der Waals surface area (Å²) in [5.74, 6) is 0. The topological polar surface area (TPSA) is 17.3 Å². The first-order valence-corrected chi connectivity index (χ1v) is 9.65. The van der Waals surface area contributed by atoms with Crippen molar-refractivity contribution in [3.05, 3.63) is 95.2 Å². The third-order valence-electron chi connectivity index (χ3n) is 5.67. The van der Waals surface area contributed by atoms with E-state index in [1.807, 2.05) is 23.2 Å². The third kappa shape index (κ3) is 3.28. The van der Waals surface area contributed by atoms with Crippen LogP contribution in [-0.2, 0) is 5.41 Å². The zero-order valence-electron chi connectivity index (χ0n) is 16.3. The van der Waals surface area contributed by atoms with Crippen LogP contribution in [0.3, 0.4) is 0 Å². The van der Waals surface area contributed by atoms with Crippen molar-refractivity contribution in [3.63, 3.8) is 0 Å². The Bertz CT molecular complexity index is 1060. The van der Waals surface area contributed by atoms with E-state index >= 15 is 0 Å². The molecule has 2 aromatic carbocycles. The lowest BCUT2D eigenvalue weighted by Crippen LogP contribution is -2.22. The predicted molar refractivity (Wildman–Crippen MR) is 116 cm³/mol. The first kappa shape index (κ1) is 17.5. The summed E-state index contributed by atoms with van der Waals surface area (Å²) < 4.78 is 1.94. The fourth-order valence-corrected chi connectivity index (χ4v) is 4.00. The zero-order chi connectivity index (χ0) is 18.9. The van der Waals surface area contributed by atoms with Crippen molar-refractivity contribution in [2.45, 2.75) is 39.0 Å². The highest BCUT2D eigenvalue weighted by molar-refractivity contribution is 5.84. The summed E-state index contributed by atoms with van der Waals surface area (Å²) in [4.78, 5) is 0. The average molecular weight is 354 g/mol. The summed E-state index contributed by atoms with van der Waals surface area (Å²) in [6.07, 6.45) is 13.2. The standard InChI is InChI=1S/C25H26N2/c1-19-21(18-26-27-17-16-20-10-7-8-15-24(20)27)11-9-14-23(19)25(2,3)22-12-5-4-6-13-22/h5,7-18H,4,6H2,1-3H3/b26-18+. The van der Waals surface area contributed by atoms with Gasteiger partial charge in [0.2, 0.25) is 0 Å². The molecule has 0 atom stereocenters. The van der Waals surface area contributed by atoms with E-state index in [0.717, 1.165) is 18.4 Å². The molecular formula is C25H26N2. The summed E-state index contributed by atoms with van der Waals surface area (Å²) in [5.41, 5.74) is 6.34. The lowest BCUT2D eigenvalue weighted by molar-refractivity contribution is 0.626. The van der Waals surface area contributed by atoms with Crippen LogP contribution in [-0.4, -0.2) is 10.9 Å². The number of hydrogen-bond acceptors (Lipinski definition) is 1. The molecule has 0 unspecified atom stereocenters. The summed E-state index contributed by atoms with van der Waals surface area (Å²) in [6.45, 7) is 6.84. The highest BCUT2D eigenvalue weighted by Gasteiger charge is 2.26. The van der Waals surface area contributed by atoms with Crippen molar-refractivity contribution in [3.8, 4) is 0 Å². The fourth-order valence-electron chi connectivity index (χ4n) is 4.00. The van der Waals surface area contributed by atoms with Gasteiger partial charge in [-0.25, -0.2) is 4.68 Å². The molecule has 0 aliphatic heterocycles. The van der Waals surface area contributed by atoms with Gasteiger partial charge in [0.15, 0.2) is 0 Å². The number of benzene rings is 2. The van der Waals surface area contributed by atoms with Crippen LogP contribution >= 0.6 is 0 Å². The van der Waals surface area contributed by atoms with E-state index in [4.69, 9.17) is 5.10 Å². The molecule has 136 valence electrons. The van der Waals surface area contributed by atoms with E-state index in [2.05, 4.69) is 81.5 Å². The maximum atomic E-state index is 4.72. The maximum Gasteiger partial charge on any atom is 0.0718 e. The van der Waals surface area contributed by atoms with Gasteiger partial charge in [-0.05, 0) is 54.2 Å². The molecule has 1 aliphatic carbocycles. The number of aromatic nitrogens is 1. The van der Waals surface area contributed by atoms with Crippen molar-refractivity contribution in [2.75, 3.05) is 0 Å². The molecule has 2 nitrogen and oxygen atoms in total. The van der Waals surface area contributed by atoms with Crippen molar-refractivity contribution >= 4 is 17.1 Å². The molecule has 0 N–H and O–H groups in total. The fraction of sp³-hybridized carbons (Fsp3) is 0.240. The molecule has 1 heterocycles. The molecule has 0 radical (unpaired) electrons. The number of fused-ring (bicyclic) bond motifs is 1. The van der Waals surface area contributed by atoms with E-state index in [0.29, 0.717) is 0 Å².